The number of nitrogens with zero attached hydrogens (tertiary/aromatic N) is 3. The Morgan fingerprint density at radius 1 is 1.21 bits per heavy atom. The van der Waals surface area contributed by atoms with Crippen LogP contribution in [0.15, 0.2) is 47.6 Å². The maximum atomic E-state index is 8.84. The Balaban J connectivity index is 2.47. The Morgan fingerprint density at radius 3 is 2.63 bits per heavy atom. The quantitative estimate of drug-likeness (QED) is 0.382. The van der Waals surface area contributed by atoms with Crippen molar-refractivity contribution in [1.82, 2.24) is 4.98 Å². The normalized spacial score (nSPS) is 11.4. The number of hydrogen-bond acceptors (Lipinski definition) is 4. The van der Waals surface area contributed by atoms with Gasteiger partial charge in [0.1, 0.15) is 5.82 Å². The van der Waals surface area contributed by atoms with Crippen molar-refractivity contribution in [2.24, 2.45) is 10.9 Å². The molecule has 3 N–H and O–H groups in total. The standard InChI is InChI=1S/C14H16N4O/c1-10-6-5-9-13(16-10)18(2)12-8-4-3-7-11(12)14(15)17-19/h3-9,19H,1-2H3,(H2,15,17). The highest BCUT2D eigenvalue weighted by Gasteiger charge is 2.12. The van der Waals surface area contributed by atoms with Crippen LogP contribution in [0.1, 0.15) is 11.3 Å². The van der Waals surface area contributed by atoms with E-state index in [0.717, 1.165) is 17.2 Å². The molecule has 0 amide bonds. The van der Waals surface area contributed by atoms with Crippen LogP contribution in [0, 0.1) is 6.92 Å². The average molecular weight is 256 g/mol. The second-order valence-corrected chi connectivity index (χ2v) is 4.20. The molecule has 0 unspecified atom stereocenters. The molecule has 19 heavy (non-hydrogen) atoms. The summed E-state index contributed by atoms with van der Waals surface area (Å²) in [5.41, 5.74) is 8.12. The van der Waals surface area contributed by atoms with Crippen molar-refractivity contribution >= 4 is 17.3 Å². The summed E-state index contributed by atoms with van der Waals surface area (Å²) in [5.74, 6) is 0.883. The molecule has 2 rings (SSSR count). The van der Waals surface area contributed by atoms with E-state index in [-0.39, 0.29) is 5.84 Å². The van der Waals surface area contributed by atoms with Crippen LogP contribution in [0.5, 0.6) is 0 Å². The van der Waals surface area contributed by atoms with E-state index in [1.54, 1.807) is 6.07 Å². The number of oxime groups is 1. The number of nitrogens with two attached hydrogens (primary N) is 1. The number of aryl methyl sites for hydroxylation is 1. The van der Waals surface area contributed by atoms with Gasteiger partial charge in [0.25, 0.3) is 0 Å². The number of para-hydroxylation sites is 1. The van der Waals surface area contributed by atoms with Gasteiger partial charge < -0.3 is 15.8 Å². The van der Waals surface area contributed by atoms with Crippen LogP contribution >= 0.6 is 0 Å². The first-order valence-corrected chi connectivity index (χ1v) is 5.88. The maximum Gasteiger partial charge on any atom is 0.172 e. The summed E-state index contributed by atoms with van der Waals surface area (Å²) in [6.45, 7) is 1.94. The van der Waals surface area contributed by atoms with Crippen molar-refractivity contribution in [2.45, 2.75) is 6.92 Å². The van der Waals surface area contributed by atoms with Crippen LogP contribution in [0.3, 0.4) is 0 Å². The summed E-state index contributed by atoms with van der Waals surface area (Å²) < 4.78 is 0. The first kappa shape index (κ1) is 12.9. The lowest BCUT2D eigenvalue weighted by Crippen LogP contribution is -2.20. The minimum Gasteiger partial charge on any atom is -0.409 e. The van der Waals surface area contributed by atoms with Crippen LogP contribution in [-0.2, 0) is 0 Å². The summed E-state index contributed by atoms with van der Waals surface area (Å²) in [5, 5.41) is 11.9. The summed E-state index contributed by atoms with van der Waals surface area (Å²) in [7, 11) is 1.89. The number of hydrogen-bond donors (Lipinski definition) is 2. The van der Waals surface area contributed by atoms with Crippen LogP contribution in [0.25, 0.3) is 0 Å². The van der Waals surface area contributed by atoms with E-state index in [0.29, 0.717) is 5.56 Å². The largest absolute Gasteiger partial charge is 0.409 e. The Morgan fingerprint density at radius 2 is 1.95 bits per heavy atom. The molecule has 0 saturated carbocycles. The summed E-state index contributed by atoms with van der Waals surface area (Å²) in [6, 6.07) is 13.2. The Kier molecular flexibility index (Phi) is 3.66. The van der Waals surface area contributed by atoms with Crippen molar-refractivity contribution in [3.05, 3.63) is 53.7 Å². The molecule has 1 heterocycles. The molecule has 1 aromatic heterocycles. The lowest BCUT2D eigenvalue weighted by Gasteiger charge is -2.21. The van der Waals surface area contributed by atoms with Crippen LogP contribution < -0.4 is 10.6 Å². The Labute approximate surface area is 112 Å². The molecule has 0 bridgehead atoms. The van der Waals surface area contributed by atoms with E-state index in [9.17, 15) is 0 Å². The van der Waals surface area contributed by atoms with Gasteiger partial charge in [-0.25, -0.2) is 4.98 Å². The van der Waals surface area contributed by atoms with Crippen molar-refractivity contribution in [2.75, 3.05) is 11.9 Å². The van der Waals surface area contributed by atoms with E-state index < -0.39 is 0 Å². The average Bonchev–Trinajstić information content (AvgIpc) is 2.45. The van der Waals surface area contributed by atoms with Gasteiger partial charge in [0, 0.05) is 18.3 Å². The summed E-state index contributed by atoms with van der Waals surface area (Å²) in [6.07, 6.45) is 0. The summed E-state index contributed by atoms with van der Waals surface area (Å²) >= 11 is 0. The van der Waals surface area contributed by atoms with Crippen molar-refractivity contribution < 1.29 is 5.21 Å². The molecule has 2 aromatic rings. The topological polar surface area (TPSA) is 74.7 Å². The predicted octanol–water partition coefficient (Wildman–Crippen LogP) is 2.25. The van der Waals surface area contributed by atoms with Gasteiger partial charge in [-0.3, -0.25) is 0 Å². The molecule has 0 spiro atoms. The molecule has 0 aliphatic carbocycles. The smallest absolute Gasteiger partial charge is 0.172 e. The van der Waals surface area contributed by atoms with Crippen molar-refractivity contribution in [1.29, 1.82) is 0 Å². The Bertz CT molecular complexity index is 610. The lowest BCUT2D eigenvalue weighted by molar-refractivity contribution is 0.318. The van der Waals surface area contributed by atoms with Gasteiger partial charge in [-0.15, -0.1) is 0 Å². The van der Waals surface area contributed by atoms with Gasteiger partial charge in [0.05, 0.1) is 5.69 Å². The molecule has 0 fully saturated rings. The molecule has 0 radical (unpaired) electrons. The highest BCUT2D eigenvalue weighted by molar-refractivity contribution is 6.02. The van der Waals surface area contributed by atoms with Gasteiger partial charge in [0.2, 0.25) is 0 Å². The highest BCUT2D eigenvalue weighted by atomic mass is 16.4. The SMILES string of the molecule is Cc1cccc(N(C)c2ccccc2C(N)=NO)n1. The molecule has 0 aliphatic heterocycles. The monoisotopic (exact) mass is 256 g/mol. The Hall–Kier alpha value is -2.56. The van der Waals surface area contributed by atoms with Gasteiger partial charge in [-0.1, -0.05) is 23.4 Å². The zero-order chi connectivity index (χ0) is 13.8. The van der Waals surface area contributed by atoms with E-state index in [1.165, 1.54) is 0 Å². The highest BCUT2D eigenvalue weighted by Crippen LogP contribution is 2.25. The molecule has 98 valence electrons. The first-order chi connectivity index (χ1) is 9.13. The molecule has 5 heteroatoms. The molecule has 1 aromatic carbocycles. The molecule has 5 nitrogen and oxygen atoms in total. The van der Waals surface area contributed by atoms with Gasteiger partial charge in [0.15, 0.2) is 5.84 Å². The maximum absolute atomic E-state index is 8.84. The summed E-state index contributed by atoms with van der Waals surface area (Å²) in [4.78, 5) is 6.36. The zero-order valence-corrected chi connectivity index (χ0v) is 10.9. The number of rotatable bonds is 3. The van der Waals surface area contributed by atoms with E-state index in [1.807, 2.05) is 55.3 Å². The molecular weight excluding hydrogens is 240 g/mol. The molecular formula is C14H16N4O. The number of amidine groups is 1. The number of benzene rings is 1. The molecule has 0 saturated heterocycles. The van der Waals surface area contributed by atoms with E-state index >= 15 is 0 Å². The first-order valence-electron chi connectivity index (χ1n) is 5.88. The fraction of sp³-hybridized carbons (Fsp3) is 0.143. The van der Waals surface area contributed by atoms with Crippen LogP contribution in [0.2, 0.25) is 0 Å². The third-order valence-corrected chi connectivity index (χ3v) is 2.87. The number of anilines is 2. The van der Waals surface area contributed by atoms with Crippen LogP contribution in [0.4, 0.5) is 11.5 Å². The molecule has 0 atom stereocenters. The van der Waals surface area contributed by atoms with Crippen molar-refractivity contribution in [3.63, 3.8) is 0 Å². The number of pyridine rings is 1. The zero-order valence-electron chi connectivity index (χ0n) is 10.9. The third kappa shape index (κ3) is 2.65. The second kappa shape index (κ2) is 5.39. The fourth-order valence-electron chi connectivity index (χ4n) is 1.88. The fourth-order valence-corrected chi connectivity index (χ4v) is 1.88. The second-order valence-electron chi connectivity index (χ2n) is 4.20. The minimum atomic E-state index is 0.0788. The van der Waals surface area contributed by atoms with Gasteiger partial charge in [-0.2, -0.15) is 0 Å². The van der Waals surface area contributed by atoms with E-state index in [4.69, 9.17) is 10.9 Å². The van der Waals surface area contributed by atoms with Crippen molar-refractivity contribution in [3.8, 4) is 0 Å². The molecule has 0 aliphatic rings. The van der Waals surface area contributed by atoms with Gasteiger partial charge >= 0.3 is 0 Å². The van der Waals surface area contributed by atoms with E-state index in [2.05, 4.69) is 10.1 Å². The number of aromatic nitrogens is 1. The third-order valence-electron chi connectivity index (χ3n) is 2.87. The van der Waals surface area contributed by atoms with Gasteiger partial charge in [-0.05, 0) is 31.2 Å². The predicted molar refractivity (Wildman–Crippen MR) is 76.0 cm³/mol. The lowest BCUT2D eigenvalue weighted by atomic mass is 10.1. The minimum absolute atomic E-state index is 0.0788. The van der Waals surface area contributed by atoms with Crippen LogP contribution in [-0.4, -0.2) is 23.1 Å².